The van der Waals surface area contributed by atoms with Gasteiger partial charge < -0.3 is 25.8 Å². The molecule has 0 aliphatic rings. The first-order chi connectivity index (χ1) is 11.3. The Morgan fingerprint density at radius 1 is 1.38 bits per heavy atom. The normalized spacial score (nSPS) is 10.2. The van der Waals surface area contributed by atoms with Gasteiger partial charge in [0, 0.05) is 11.8 Å². The zero-order valence-corrected chi connectivity index (χ0v) is 12.7. The van der Waals surface area contributed by atoms with Gasteiger partial charge in [-0.1, -0.05) is 6.58 Å². The maximum Gasteiger partial charge on any atom is 0.390 e. The van der Waals surface area contributed by atoms with Gasteiger partial charge in [-0.25, -0.2) is 0 Å². The van der Waals surface area contributed by atoms with Crippen LogP contribution in [0.5, 0.6) is 11.5 Å². The Balaban J connectivity index is 1.95. The molecule has 0 saturated carbocycles. The van der Waals surface area contributed by atoms with Crippen molar-refractivity contribution in [2.75, 3.05) is 0 Å². The summed E-state index contributed by atoms with van der Waals surface area (Å²) in [5, 5.41) is 33.3. The maximum atomic E-state index is 11.9. The second-order valence-electron chi connectivity index (χ2n) is 4.94. The molecule has 1 aromatic carbocycles. The van der Waals surface area contributed by atoms with Crippen molar-refractivity contribution in [3.05, 3.63) is 57.9 Å². The van der Waals surface area contributed by atoms with Crippen LogP contribution in [0.2, 0.25) is 0 Å². The molecule has 2 rings (SSSR count). The molecule has 1 aromatic heterocycles. The van der Waals surface area contributed by atoms with E-state index in [1.54, 1.807) is 6.92 Å². The van der Waals surface area contributed by atoms with Crippen LogP contribution in [-0.4, -0.2) is 30.8 Å². The number of nitrogens with one attached hydrogen (secondary N) is 2. The number of hydrogen-bond acceptors (Lipinski definition) is 7. The van der Waals surface area contributed by atoms with Gasteiger partial charge in [0.1, 0.15) is 18.0 Å². The first-order valence-corrected chi connectivity index (χ1v) is 6.73. The van der Waals surface area contributed by atoms with E-state index in [1.165, 1.54) is 22.9 Å². The Labute approximate surface area is 136 Å². The minimum atomic E-state index is -0.642. The molecule has 2 aromatic rings. The molecule has 0 fully saturated rings. The van der Waals surface area contributed by atoms with Crippen LogP contribution in [0.25, 0.3) is 0 Å². The van der Waals surface area contributed by atoms with Crippen molar-refractivity contribution in [1.29, 1.82) is 0 Å². The molecule has 0 saturated heterocycles. The molecule has 0 unspecified atom stereocenters. The van der Waals surface area contributed by atoms with E-state index in [4.69, 9.17) is 0 Å². The Kier molecular flexibility index (Phi) is 4.68. The number of hydrogen-bond donors (Lipinski definition) is 4. The van der Waals surface area contributed by atoms with E-state index in [0.29, 0.717) is 11.4 Å². The molecule has 0 aliphatic carbocycles. The first-order valence-electron chi connectivity index (χ1n) is 6.73. The van der Waals surface area contributed by atoms with E-state index in [2.05, 4.69) is 22.5 Å². The summed E-state index contributed by atoms with van der Waals surface area (Å²) in [5.74, 6) is -1.47. The summed E-state index contributed by atoms with van der Waals surface area (Å²) < 4.78 is 1.36. The number of carbonyl (C=O) groups excluding carboxylic acids is 1. The smallest absolute Gasteiger partial charge is 0.390 e. The Morgan fingerprint density at radius 2 is 2.08 bits per heavy atom. The average Bonchev–Trinajstić information content (AvgIpc) is 2.86. The number of aromatic nitrogens is 2. The molecular weight excluding hydrogens is 318 g/mol. The van der Waals surface area contributed by atoms with Gasteiger partial charge in [-0.15, -0.1) is 0 Å². The molecule has 126 valence electrons. The molecule has 1 amide bonds. The largest absolute Gasteiger partial charge is 0.508 e. The zero-order valence-electron chi connectivity index (χ0n) is 12.7. The lowest BCUT2D eigenvalue weighted by molar-refractivity contribution is -0.389. The molecule has 0 spiro atoms. The molecular formula is C14H15N5O5. The van der Waals surface area contributed by atoms with Crippen LogP contribution in [-0.2, 0) is 6.54 Å². The summed E-state index contributed by atoms with van der Waals surface area (Å²) in [7, 11) is 0. The molecule has 1 heterocycles. The van der Waals surface area contributed by atoms with Gasteiger partial charge in [-0.05, 0) is 24.0 Å². The Bertz CT molecular complexity index is 814. The highest BCUT2D eigenvalue weighted by atomic mass is 16.6. The lowest BCUT2D eigenvalue weighted by atomic mass is 10.2. The van der Waals surface area contributed by atoms with Crippen molar-refractivity contribution in [3.8, 4) is 11.5 Å². The standard InChI is InChI=1S/C14H15N5O5/c1-8(7-18-9(2)5-13(17-18)19(23)24)15-16-14(22)11-4-3-10(20)6-12(11)21/h3-6,15,20-21H,1,7H2,2H3,(H,16,22). The third kappa shape index (κ3) is 3.80. The van der Waals surface area contributed by atoms with Crippen molar-refractivity contribution in [2.24, 2.45) is 0 Å². The van der Waals surface area contributed by atoms with E-state index < -0.39 is 10.8 Å². The van der Waals surface area contributed by atoms with Gasteiger partial charge in [0.05, 0.1) is 22.4 Å². The summed E-state index contributed by atoms with van der Waals surface area (Å²) in [4.78, 5) is 22.0. The molecule has 10 nitrogen and oxygen atoms in total. The van der Waals surface area contributed by atoms with Crippen molar-refractivity contribution in [1.82, 2.24) is 20.6 Å². The van der Waals surface area contributed by atoms with Crippen LogP contribution in [0.1, 0.15) is 16.1 Å². The number of hydrazine groups is 1. The maximum absolute atomic E-state index is 11.9. The van der Waals surface area contributed by atoms with Crippen LogP contribution in [0.3, 0.4) is 0 Å². The molecule has 0 atom stereocenters. The van der Waals surface area contributed by atoms with Crippen molar-refractivity contribution in [3.63, 3.8) is 0 Å². The predicted molar refractivity (Wildman–Crippen MR) is 83.1 cm³/mol. The molecule has 10 heteroatoms. The topological polar surface area (TPSA) is 143 Å². The molecule has 0 aliphatic heterocycles. The fourth-order valence-electron chi connectivity index (χ4n) is 1.89. The molecule has 0 bridgehead atoms. The number of aromatic hydroxyl groups is 2. The van der Waals surface area contributed by atoms with Crippen LogP contribution in [0, 0.1) is 17.0 Å². The number of phenolic OH excluding ortho intramolecular Hbond substituents is 2. The van der Waals surface area contributed by atoms with Crippen LogP contribution < -0.4 is 10.9 Å². The molecule has 0 radical (unpaired) electrons. The van der Waals surface area contributed by atoms with E-state index in [9.17, 15) is 25.1 Å². The molecule has 4 N–H and O–H groups in total. The predicted octanol–water partition coefficient (Wildman–Crippen LogP) is 0.959. The van der Waals surface area contributed by atoms with Gasteiger partial charge in [0.15, 0.2) is 0 Å². The van der Waals surface area contributed by atoms with Crippen LogP contribution in [0.4, 0.5) is 5.82 Å². The lowest BCUT2D eigenvalue weighted by Gasteiger charge is -2.11. The van der Waals surface area contributed by atoms with E-state index in [1.807, 2.05) is 0 Å². The fraction of sp³-hybridized carbons (Fsp3) is 0.143. The number of amides is 1. The summed E-state index contributed by atoms with van der Waals surface area (Å²) in [6.07, 6.45) is 0. The first kappa shape index (κ1) is 16.8. The average molecular weight is 333 g/mol. The van der Waals surface area contributed by atoms with Crippen molar-refractivity contribution in [2.45, 2.75) is 13.5 Å². The second-order valence-corrected chi connectivity index (χ2v) is 4.94. The number of nitro groups is 1. The fourth-order valence-corrected chi connectivity index (χ4v) is 1.89. The quantitative estimate of drug-likeness (QED) is 0.455. The number of rotatable bonds is 6. The minimum absolute atomic E-state index is 0.0426. The van der Waals surface area contributed by atoms with E-state index in [-0.39, 0.29) is 29.4 Å². The molecule has 24 heavy (non-hydrogen) atoms. The third-order valence-electron chi connectivity index (χ3n) is 3.07. The zero-order chi connectivity index (χ0) is 17.9. The number of phenols is 2. The highest BCUT2D eigenvalue weighted by Gasteiger charge is 2.16. The minimum Gasteiger partial charge on any atom is -0.508 e. The Hall–Kier alpha value is -3.56. The van der Waals surface area contributed by atoms with Crippen LogP contribution in [0.15, 0.2) is 36.5 Å². The van der Waals surface area contributed by atoms with Gasteiger partial charge in [-0.3, -0.25) is 10.2 Å². The third-order valence-corrected chi connectivity index (χ3v) is 3.07. The number of carbonyl (C=O) groups is 1. The highest BCUT2D eigenvalue weighted by molar-refractivity contribution is 5.96. The monoisotopic (exact) mass is 333 g/mol. The SMILES string of the molecule is C=C(Cn1nc([N+](=O)[O-])cc1C)NNC(=O)c1ccc(O)cc1O. The van der Waals surface area contributed by atoms with Gasteiger partial charge in [0.25, 0.3) is 5.91 Å². The highest BCUT2D eigenvalue weighted by Crippen LogP contribution is 2.22. The summed E-state index contributed by atoms with van der Waals surface area (Å²) >= 11 is 0. The van der Waals surface area contributed by atoms with Gasteiger partial charge in [-0.2, -0.15) is 4.68 Å². The number of aryl methyl sites for hydroxylation is 1. The summed E-state index contributed by atoms with van der Waals surface area (Å²) in [6.45, 7) is 5.44. The summed E-state index contributed by atoms with van der Waals surface area (Å²) in [5.41, 5.74) is 5.70. The van der Waals surface area contributed by atoms with Gasteiger partial charge >= 0.3 is 5.82 Å². The summed E-state index contributed by atoms with van der Waals surface area (Å²) in [6, 6.07) is 4.87. The second kappa shape index (κ2) is 6.69. The van der Waals surface area contributed by atoms with Crippen molar-refractivity contribution < 1.29 is 19.9 Å². The van der Waals surface area contributed by atoms with Crippen LogP contribution >= 0.6 is 0 Å². The number of allylic oxidation sites excluding steroid dienone is 1. The van der Waals surface area contributed by atoms with E-state index >= 15 is 0 Å². The van der Waals surface area contributed by atoms with Crippen molar-refractivity contribution >= 4 is 11.7 Å². The number of benzene rings is 1. The lowest BCUT2D eigenvalue weighted by Crippen LogP contribution is -2.37. The Morgan fingerprint density at radius 3 is 2.67 bits per heavy atom. The van der Waals surface area contributed by atoms with E-state index in [0.717, 1.165) is 6.07 Å². The number of nitrogens with zero attached hydrogens (tertiary/aromatic N) is 3. The van der Waals surface area contributed by atoms with Gasteiger partial charge in [0.2, 0.25) is 0 Å².